The zero-order chi connectivity index (χ0) is 9.05. The Labute approximate surface area is 81.1 Å². The summed E-state index contributed by atoms with van der Waals surface area (Å²) in [4.78, 5) is 0. The van der Waals surface area contributed by atoms with Gasteiger partial charge in [0.2, 0.25) is 0 Å². The lowest BCUT2D eigenvalue weighted by atomic mass is 9.61. The van der Waals surface area contributed by atoms with E-state index in [2.05, 4.69) is 6.92 Å². The molecule has 0 aromatic rings. The van der Waals surface area contributed by atoms with Gasteiger partial charge in [0.25, 0.3) is 0 Å². The summed E-state index contributed by atoms with van der Waals surface area (Å²) in [6, 6.07) is 0. The summed E-state index contributed by atoms with van der Waals surface area (Å²) in [5, 5.41) is 0. The first kappa shape index (κ1) is 8.28. The van der Waals surface area contributed by atoms with Crippen LogP contribution < -0.4 is 5.73 Å². The second-order valence-corrected chi connectivity index (χ2v) is 5.78. The van der Waals surface area contributed by atoms with Crippen LogP contribution in [0.4, 0.5) is 0 Å². The minimum atomic E-state index is 0.278. The summed E-state index contributed by atoms with van der Waals surface area (Å²) >= 11 is 0. The highest BCUT2D eigenvalue weighted by atomic mass is 14.9. The molecule has 0 aliphatic heterocycles. The third-order valence-electron chi connectivity index (χ3n) is 5.24. The first-order valence-corrected chi connectivity index (χ1v) is 6.00. The van der Waals surface area contributed by atoms with Gasteiger partial charge < -0.3 is 5.73 Å². The topological polar surface area (TPSA) is 26.0 Å². The third kappa shape index (κ3) is 0.918. The molecule has 1 unspecified atom stereocenters. The van der Waals surface area contributed by atoms with Crippen molar-refractivity contribution in [3.63, 3.8) is 0 Å². The lowest BCUT2D eigenvalue weighted by Gasteiger charge is -2.47. The smallest absolute Gasteiger partial charge is 0.0216 e. The van der Waals surface area contributed by atoms with Crippen LogP contribution in [-0.2, 0) is 0 Å². The second-order valence-electron chi connectivity index (χ2n) is 5.78. The van der Waals surface area contributed by atoms with Crippen LogP contribution in [0.3, 0.4) is 0 Å². The predicted molar refractivity (Wildman–Crippen MR) is 54.3 cm³/mol. The maximum Gasteiger partial charge on any atom is 0.0216 e. The summed E-state index contributed by atoms with van der Waals surface area (Å²) in [6.07, 6.45) is 8.53. The van der Waals surface area contributed by atoms with E-state index < -0.39 is 0 Å². The highest BCUT2D eigenvalue weighted by molar-refractivity contribution is 5.12. The van der Waals surface area contributed by atoms with Gasteiger partial charge in [-0.2, -0.15) is 0 Å². The number of rotatable bonds is 0. The molecular weight excluding hydrogens is 158 g/mol. The molecule has 74 valence electrons. The highest BCUT2D eigenvalue weighted by Gasteiger charge is 2.58. The molecule has 0 radical (unpaired) electrons. The molecule has 13 heavy (non-hydrogen) atoms. The minimum Gasteiger partial charge on any atom is -0.325 e. The molecule has 0 amide bonds. The van der Waals surface area contributed by atoms with Crippen LogP contribution in [0.5, 0.6) is 0 Å². The van der Waals surface area contributed by atoms with Crippen LogP contribution in [0.1, 0.15) is 45.4 Å². The van der Waals surface area contributed by atoms with Crippen molar-refractivity contribution in [2.75, 3.05) is 0 Å². The minimum absolute atomic E-state index is 0.278. The van der Waals surface area contributed by atoms with Gasteiger partial charge in [0.15, 0.2) is 0 Å². The van der Waals surface area contributed by atoms with Crippen LogP contribution >= 0.6 is 0 Å². The fourth-order valence-electron chi connectivity index (χ4n) is 4.82. The van der Waals surface area contributed by atoms with Gasteiger partial charge in [0.1, 0.15) is 0 Å². The van der Waals surface area contributed by atoms with Gasteiger partial charge >= 0.3 is 0 Å². The van der Waals surface area contributed by atoms with Crippen molar-refractivity contribution in [2.45, 2.75) is 51.0 Å². The summed E-state index contributed by atoms with van der Waals surface area (Å²) in [5.41, 5.74) is 6.92. The zero-order valence-electron chi connectivity index (χ0n) is 8.63. The molecule has 2 N–H and O–H groups in total. The largest absolute Gasteiger partial charge is 0.325 e. The Balaban J connectivity index is 1.96. The lowest BCUT2D eigenvalue weighted by molar-refractivity contribution is 0.0717. The SMILES string of the molecule is C[C@@H]1CCC[C@]2(N)C1[C@@H]1CC[C@H]2C1. The van der Waals surface area contributed by atoms with E-state index in [1.54, 1.807) is 0 Å². The molecular formula is C12H21N. The monoisotopic (exact) mass is 179 g/mol. The molecule has 0 aromatic heterocycles. The average Bonchev–Trinajstić information content (AvgIpc) is 2.62. The van der Waals surface area contributed by atoms with Crippen molar-refractivity contribution in [3.8, 4) is 0 Å². The summed E-state index contributed by atoms with van der Waals surface area (Å²) in [5.74, 6) is 3.70. The molecule has 3 saturated carbocycles. The molecule has 5 atom stereocenters. The number of hydrogen-bond donors (Lipinski definition) is 1. The van der Waals surface area contributed by atoms with E-state index in [4.69, 9.17) is 5.73 Å². The number of nitrogens with two attached hydrogens (primary N) is 1. The highest BCUT2D eigenvalue weighted by Crippen LogP contribution is 2.60. The van der Waals surface area contributed by atoms with Crippen LogP contribution in [0.25, 0.3) is 0 Å². The van der Waals surface area contributed by atoms with Crippen molar-refractivity contribution in [1.29, 1.82) is 0 Å². The Bertz CT molecular complexity index is 225. The summed E-state index contributed by atoms with van der Waals surface area (Å²) in [6.45, 7) is 2.44. The van der Waals surface area contributed by atoms with E-state index in [0.29, 0.717) is 0 Å². The quantitative estimate of drug-likeness (QED) is 0.607. The second kappa shape index (κ2) is 2.50. The summed E-state index contributed by atoms with van der Waals surface area (Å²) in [7, 11) is 0. The van der Waals surface area contributed by atoms with Crippen molar-refractivity contribution in [1.82, 2.24) is 0 Å². The first-order chi connectivity index (χ1) is 6.22. The van der Waals surface area contributed by atoms with E-state index in [0.717, 1.165) is 23.7 Å². The van der Waals surface area contributed by atoms with Gasteiger partial charge in [-0.3, -0.25) is 0 Å². The molecule has 0 heterocycles. The van der Waals surface area contributed by atoms with Crippen LogP contribution in [0.15, 0.2) is 0 Å². The fraction of sp³-hybridized carbons (Fsp3) is 1.00. The van der Waals surface area contributed by atoms with Gasteiger partial charge in [-0.15, -0.1) is 0 Å². The Morgan fingerprint density at radius 3 is 2.85 bits per heavy atom. The van der Waals surface area contributed by atoms with E-state index in [9.17, 15) is 0 Å². The van der Waals surface area contributed by atoms with Crippen molar-refractivity contribution < 1.29 is 0 Å². The Morgan fingerprint density at radius 2 is 2.08 bits per heavy atom. The van der Waals surface area contributed by atoms with E-state index in [1.807, 2.05) is 0 Å². The standard InChI is InChI=1S/C12H21N/c1-8-3-2-6-12(13)10-5-4-9(7-10)11(8)12/h8-11H,2-7,13H2,1H3/t8-,9-,10+,11?,12-/m1/s1. The molecule has 3 aliphatic rings. The molecule has 1 heteroatoms. The predicted octanol–water partition coefficient (Wildman–Crippen LogP) is 2.55. The molecule has 1 nitrogen and oxygen atoms in total. The summed E-state index contributed by atoms with van der Waals surface area (Å²) < 4.78 is 0. The number of hydrogen-bond acceptors (Lipinski definition) is 1. The van der Waals surface area contributed by atoms with Gasteiger partial charge in [-0.05, 0) is 49.4 Å². The number of fused-ring (bicyclic) bond motifs is 5. The van der Waals surface area contributed by atoms with Crippen molar-refractivity contribution in [2.24, 2.45) is 29.4 Å². The Morgan fingerprint density at radius 1 is 1.23 bits per heavy atom. The third-order valence-corrected chi connectivity index (χ3v) is 5.24. The average molecular weight is 179 g/mol. The normalized spacial score (nSPS) is 59.5. The lowest BCUT2D eigenvalue weighted by Crippen LogP contribution is -2.55. The zero-order valence-corrected chi connectivity index (χ0v) is 8.63. The maximum absolute atomic E-state index is 6.64. The van der Waals surface area contributed by atoms with Crippen molar-refractivity contribution in [3.05, 3.63) is 0 Å². The van der Waals surface area contributed by atoms with E-state index in [-0.39, 0.29) is 5.54 Å². The Hall–Kier alpha value is -0.0400. The van der Waals surface area contributed by atoms with Gasteiger partial charge in [-0.1, -0.05) is 19.8 Å². The molecule has 2 bridgehead atoms. The first-order valence-electron chi connectivity index (χ1n) is 6.00. The van der Waals surface area contributed by atoms with Crippen LogP contribution in [0, 0.1) is 23.7 Å². The van der Waals surface area contributed by atoms with E-state index in [1.165, 1.54) is 38.5 Å². The van der Waals surface area contributed by atoms with E-state index >= 15 is 0 Å². The molecule has 0 spiro atoms. The molecule has 0 aromatic carbocycles. The molecule has 3 fully saturated rings. The molecule has 3 aliphatic carbocycles. The molecule has 3 rings (SSSR count). The fourth-order valence-corrected chi connectivity index (χ4v) is 4.82. The van der Waals surface area contributed by atoms with Gasteiger partial charge in [0.05, 0.1) is 0 Å². The molecule has 0 saturated heterocycles. The van der Waals surface area contributed by atoms with Gasteiger partial charge in [-0.25, -0.2) is 0 Å². The van der Waals surface area contributed by atoms with Crippen molar-refractivity contribution >= 4 is 0 Å². The maximum atomic E-state index is 6.64. The van der Waals surface area contributed by atoms with Crippen LogP contribution in [0.2, 0.25) is 0 Å². The Kier molecular flexibility index (Phi) is 1.59. The van der Waals surface area contributed by atoms with Crippen LogP contribution in [-0.4, -0.2) is 5.54 Å². The van der Waals surface area contributed by atoms with Gasteiger partial charge in [0, 0.05) is 5.54 Å².